The summed E-state index contributed by atoms with van der Waals surface area (Å²) in [5, 5.41) is 4.13. The van der Waals surface area contributed by atoms with Crippen molar-refractivity contribution in [1.29, 1.82) is 0 Å². The van der Waals surface area contributed by atoms with Crippen LogP contribution in [0.1, 0.15) is 54.9 Å². The Morgan fingerprint density at radius 1 is 1.40 bits per heavy atom. The van der Waals surface area contributed by atoms with Crippen molar-refractivity contribution in [3.05, 3.63) is 34.3 Å². The fraction of sp³-hybridized carbons (Fsp3) is 0.562. The summed E-state index contributed by atoms with van der Waals surface area (Å²) >= 11 is 6.19. The van der Waals surface area contributed by atoms with Gasteiger partial charge in [0.2, 0.25) is 5.91 Å². The van der Waals surface area contributed by atoms with E-state index in [4.69, 9.17) is 17.3 Å². The molecule has 0 bridgehead atoms. The number of carbonyl (C=O) groups is 1. The van der Waals surface area contributed by atoms with E-state index in [1.807, 2.05) is 6.07 Å². The van der Waals surface area contributed by atoms with Crippen LogP contribution in [0, 0.1) is 5.41 Å². The Bertz CT molecular complexity index is 481. The third-order valence-electron chi connectivity index (χ3n) is 4.57. The molecule has 0 saturated heterocycles. The molecule has 0 aliphatic heterocycles. The minimum Gasteiger partial charge on any atom is -0.366 e. The van der Waals surface area contributed by atoms with E-state index in [1.54, 1.807) is 12.1 Å². The first-order chi connectivity index (χ1) is 9.56. The number of amides is 1. The molecule has 0 spiro atoms. The van der Waals surface area contributed by atoms with Gasteiger partial charge >= 0.3 is 0 Å². The van der Waals surface area contributed by atoms with E-state index >= 15 is 0 Å². The van der Waals surface area contributed by atoms with Crippen molar-refractivity contribution in [2.45, 2.75) is 45.6 Å². The fourth-order valence-corrected chi connectivity index (χ4v) is 3.33. The van der Waals surface area contributed by atoms with Crippen LogP contribution in [0.5, 0.6) is 0 Å². The zero-order valence-electron chi connectivity index (χ0n) is 12.0. The van der Waals surface area contributed by atoms with Gasteiger partial charge < -0.3 is 11.1 Å². The lowest BCUT2D eigenvalue weighted by Crippen LogP contribution is -2.31. The van der Waals surface area contributed by atoms with Crippen molar-refractivity contribution in [3.63, 3.8) is 0 Å². The van der Waals surface area contributed by atoms with Gasteiger partial charge in [-0.3, -0.25) is 4.79 Å². The van der Waals surface area contributed by atoms with Gasteiger partial charge in [0, 0.05) is 23.7 Å². The van der Waals surface area contributed by atoms with E-state index < -0.39 is 5.91 Å². The van der Waals surface area contributed by atoms with Gasteiger partial charge in [-0.25, -0.2) is 0 Å². The quantitative estimate of drug-likeness (QED) is 0.844. The summed E-state index contributed by atoms with van der Waals surface area (Å²) in [5.41, 5.74) is 7.18. The first kappa shape index (κ1) is 15.3. The van der Waals surface area contributed by atoms with Gasteiger partial charge in [0.1, 0.15) is 0 Å². The number of rotatable bonds is 6. The van der Waals surface area contributed by atoms with Gasteiger partial charge in [-0.1, -0.05) is 37.4 Å². The second-order valence-electron chi connectivity index (χ2n) is 5.83. The molecule has 2 rings (SSSR count). The van der Waals surface area contributed by atoms with Crippen LogP contribution >= 0.6 is 11.6 Å². The summed E-state index contributed by atoms with van der Waals surface area (Å²) in [6.45, 7) is 4.05. The number of primary amides is 1. The highest BCUT2D eigenvalue weighted by Gasteiger charge is 2.31. The summed E-state index contributed by atoms with van der Waals surface area (Å²) in [4.78, 5) is 11.1. The molecule has 1 aliphatic carbocycles. The van der Waals surface area contributed by atoms with Crippen LogP contribution in [0.2, 0.25) is 5.02 Å². The molecule has 3 N–H and O–H groups in total. The lowest BCUT2D eigenvalue weighted by Gasteiger charge is -2.28. The maximum Gasteiger partial charge on any atom is 0.248 e. The zero-order valence-corrected chi connectivity index (χ0v) is 12.8. The molecular weight excluding hydrogens is 272 g/mol. The molecule has 1 saturated carbocycles. The van der Waals surface area contributed by atoms with Crippen LogP contribution in [0.4, 0.5) is 0 Å². The Kier molecular flexibility index (Phi) is 5.06. The molecule has 20 heavy (non-hydrogen) atoms. The van der Waals surface area contributed by atoms with Crippen molar-refractivity contribution in [2.24, 2.45) is 11.1 Å². The Hall–Kier alpha value is -1.06. The summed E-state index contributed by atoms with van der Waals surface area (Å²) in [7, 11) is 0. The van der Waals surface area contributed by atoms with Gasteiger partial charge in [0.15, 0.2) is 0 Å². The van der Waals surface area contributed by atoms with Crippen molar-refractivity contribution in [2.75, 3.05) is 6.54 Å². The third kappa shape index (κ3) is 3.53. The summed E-state index contributed by atoms with van der Waals surface area (Å²) in [6, 6.07) is 5.26. The molecule has 1 aromatic rings. The number of hydrogen-bond acceptors (Lipinski definition) is 2. The predicted molar refractivity (Wildman–Crippen MR) is 82.9 cm³/mol. The van der Waals surface area contributed by atoms with Gasteiger partial charge in [0.25, 0.3) is 0 Å². The molecule has 1 amide bonds. The number of nitrogens with one attached hydrogen (secondary N) is 1. The number of hydrogen-bond donors (Lipinski definition) is 2. The molecule has 110 valence electrons. The predicted octanol–water partition coefficient (Wildman–Crippen LogP) is 3.50. The smallest absolute Gasteiger partial charge is 0.248 e. The average molecular weight is 295 g/mol. The monoisotopic (exact) mass is 294 g/mol. The maximum absolute atomic E-state index is 11.1. The second-order valence-corrected chi connectivity index (χ2v) is 6.24. The molecule has 3 nitrogen and oxygen atoms in total. The van der Waals surface area contributed by atoms with Crippen molar-refractivity contribution in [3.8, 4) is 0 Å². The van der Waals surface area contributed by atoms with Gasteiger partial charge in [-0.2, -0.15) is 0 Å². The standard InChI is InChI=1S/C16H23ClN2O/c1-2-16(7-3-4-8-16)11-19-10-13-6-5-12(15(18)20)9-14(13)17/h5-6,9,19H,2-4,7-8,10-11H2,1H3,(H2,18,20). The molecule has 0 atom stereocenters. The van der Waals surface area contributed by atoms with Crippen molar-refractivity contribution in [1.82, 2.24) is 5.32 Å². The molecule has 0 unspecified atom stereocenters. The maximum atomic E-state index is 11.1. The molecule has 0 radical (unpaired) electrons. The zero-order chi connectivity index (χ0) is 14.6. The second kappa shape index (κ2) is 6.59. The van der Waals surface area contributed by atoms with Crippen LogP contribution in [0.3, 0.4) is 0 Å². The molecule has 4 heteroatoms. The Balaban J connectivity index is 1.92. The number of carbonyl (C=O) groups excluding carboxylic acids is 1. The van der Waals surface area contributed by atoms with E-state index in [0.29, 0.717) is 16.0 Å². The molecule has 0 heterocycles. The first-order valence-electron chi connectivity index (χ1n) is 7.35. The average Bonchev–Trinajstić information content (AvgIpc) is 2.90. The molecule has 1 fully saturated rings. The number of halogens is 1. The SMILES string of the molecule is CCC1(CNCc2ccc(C(N)=O)cc2Cl)CCCC1. The third-order valence-corrected chi connectivity index (χ3v) is 4.92. The van der Waals surface area contributed by atoms with E-state index in [0.717, 1.165) is 18.7 Å². The van der Waals surface area contributed by atoms with Crippen molar-refractivity contribution < 1.29 is 4.79 Å². The summed E-state index contributed by atoms with van der Waals surface area (Å²) < 4.78 is 0. The number of nitrogens with two attached hydrogens (primary N) is 1. The minimum atomic E-state index is -0.442. The van der Waals surface area contributed by atoms with Crippen LogP contribution in [0.15, 0.2) is 18.2 Å². The van der Waals surface area contributed by atoms with Gasteiger partial charge in [0.05, 0.1) is 0 Å². The summed E-state index contributed by atoms with van der Waals surface area (Å²) in [5.74, 6) is -0.442. The first-order valence-corrected chi connectivity index (χ1v) is 7.73. The fourth-order valence-electron chi connectivity index (χ4n) is 3.09. The Morgan fingerprint density at radius 2 is 2.10 bits per heavy atom. The van der Waals surface area contributed by atoms with Crippen molar-refractivity contribution >= 4 is 17.5 Å². The van der Waals surface area contributed by atoms with Crippen LogP contribution in [-0.2, 0) is 6.54 Å². The van der Waals surface area contributed by atoms with E-state index in [-0.39, 0.29) is 0 Å². The highest BCUT2D eigenvalue weighted by Crippen LogP contribution is 2.40. The topological polar surface area (TPSA) is 55.1 Å². The van der Waals surface area contributed by atoms with Crippen LogP contribution in [-0.4, -0.2) is 12.5 Å². The van der Waals surface area contributed by atoms with Gasteiger partial charge in [-0.15, -0.1) is 0 Å². The molecule has 1 aromatic carbocycles. The Morgan fingerprint density at radius 3 is 2.65 bits per heavy atom. The minimum absolute atomic E-state index is 0.442. The number of benzene rings is 1. The summed E-state index contributed by atoms with van der Waals surface area (Å²) in [6.07, 6.45) is 6.58. The highest BCUT2D eigenvalue weighted by atomic mass is 35.5. The molecular formula is C16H23ClN2O. The largest absolute Gasteiger partial charge is 0.366 e. The van der Waals surface area contributed by atoms with Crippen LogP contribution in [0.25, 0.3) is 0 Å². The normalized spacial score (nSPS) is 17.3. The van der Waals surface area contributed by atoms with E-state index in [1.165, 1.54) is 32.1 Å². The molecule has 1 aliphatic rings. The van der Waals surface area contributed by atoms with E-state index in [2.05, 4.69) is 12.2 Å². The Labute approximate surface area is 125 Å². The highest BCUT2D eigenvalue weighted by molar-refractivity contribution is 6.31. The van der Waals surface area contributed by atoms with Gasteiger partial charge in [-0.05, 0) is 42.4 Å². The van der Waals surface area contributed by atoms with E-state index in [9.17, 15) is 4.79 Å². The molecule has 0 aromatic heterocycles. The lowest BCUT2D eigenvalue weighted by atomic mass is 9.83. The lowest BCUT2D eigenvalue weighted by molar-refractivity contribution is 0.100. The van der Waals surface area contributed by atoms with Crippen LogP contribution < -0.4 is 11.1 Å².